The molecule has 5 heteroatoms. The number of benzene rings is 1. The zero-order valence-electron chi connectivity index (χ0n) is 10.3. The van der Waals surface area contributed by atoms with E-state index >= 15 is 0 Å². The lowest BCUT2D eigenvalue weighted by Gasteiger charge is -2.36. The summed E-state index contributed by atoms with van der Waals surface area (Å²) in [4.78, 5) is 1.42. The number of fused-ring (bicyclic) bond motifs is 1. The molecule has 1 heterocycles. The molecule has 0 saturated carbocycles. The molecule has 100 valence electrons. The zero-order chi connectivity index (χ0) is 13.2. The molecule has 1 unspecified atom stereocenters. The third kappa shape index (κ3) is 2.96. The Morgan fingerprint density at radius 3 is 2.72 bits per heavy atom. The van der Waals surface area contributed by atoms with Crippen molar-refractivity contribution in [3.63, 3.8) is 0 Å². The Balaban J connectivity index is 2.25. The number of nitrogens with one attached hydrogen (secondary N) is 1. The fraction of sp³-hybridized carbons (Fsp3) is 0.538. The van der Waals surface area contributed by atoms with Crippen LogP contribution in [0.4, 0.5) is 18.9 Å². The van der Waals surface area contributed by atoms with E-state index in [4.69, 9.17) is 0 Å². The molecule has 1 aliphatic rings. The minimum atomic E-state index is -4.15. The first-order valence-corrected chi connectivity index (χ1v) is 6.15. The minimum Gasteiger partial charge on any atom is -0.362 e. The van der Waals surface area contributed by atoms with Crippen LogP contribution in [0.25, 0.3) is 0 Å². The van der Waals surface area contributed by atoms with Gasteiger partial charge in [0.1, 0.15) is 6.54 Å². The fourth-order valence-electron chi connectivity index (χ4n) is 2.47. The molecule has 1 N–H and O–H groups in total. The summed E-state index contributed by atoms with van der Waals surface area (Å²) in [6, 6.07) is 7.50. The maximum absolute atomic E-state index is 12.5. The van der Waals surface area contributed by atoms with Gasteiger partial charge < -0.3 is 10.2 Å². The molecule has 0 bridgehead atoms. The predicted molar refractivity (Wildman–Crippen MR) is 65.7 cm³/mol. The summed E-state index contributed by atoms with van der Waals surface area (Å²) in [7, 11) is 0. The van der Waals surface area contributed by atoms with Gasteiger partial charge in [-0.2, -0.15) is 13.2 Å². The highest BCUT2D eigenvalue weighted by Gasteiger charge is 2.34. The third-order valence-corrected chi connectivity index (χ3v) is 3.16. The van der Waals surface area contributed by atoms with Gasteiger partial charge in [0.2, 0.25) is 0 Å². The summed E-state index contributed by atoms with van der Waals surface area (Å²) >= 11 is 0. The Morgan fingerprint density at radius 2 is 2.06 bits per heavy atom. The van der Waals surface area contributed by atoms with Gasteiger partial charge in [-0.1, -0.05) is 25.1 Å². The van der Waals surface area contributed by atoms with Gasteiger partial charge in [0, 0.05) is 18.3 Å². The van der Waals surface area contributed by atoms with Crippen molar-refractivity contribution in [1.29, 1.82) is 0 Å². The van der Waals surface area contributed by atoms with Crippen LogP contribution in [-0.4, -0.2) is 25.8 Å². The molecule has 0 radical (unpaired) electrons. The molecule has 1 atom stereocenters. The van der Waals surface area contributed by atoms with Crippen molar-refractivity contribution in [3.05, 3.63) is 29.8 Å². The van der Waals surface area contributed by atoms with Crippen LogP contribution in [0.5, 0.6) is 0 Å². The smallest absolute Gasteiger partial charge is 0.362 e. The van der Waals surface area contributed by atoms with E-state index in [1.807, 2.05) is 19.1 Å². The second-order valence-corrected chi connectivity index (χ2v) is 4.49. The van der Waals surface area contributed by atoms with Gasteiger partial charge in [0.15, 0.2) is 0 Å². The normalized spacial score (nSPS) is 19.8. The Labute approximate surface area is 105 Å². The van der Waals surface area contributed by atoms with Gasteiger partial charge in [0.25, 0.3) is 0 Å². The van der Waals surface area contributed by atoms with Crippen LogP contribution >= 0.6 is 0 Å². The molecule has 2 rings (SSSR count). The lowest BCUT2D eigenvalue weighted by atomic mass is 9.96. The van der Waals surface area contributed by atoms with Crippen molar-refractivity contribution in [2.75, 3.05) is 24.5 Å². The molecule has 2 nitrogen and oxygen atoms in total. The van der Waals surface area contributed by atoms with Crippen LogP contribution in [0, 0.1) is 0 Å². The van der Waals surface area contributed by atoms with E-state index in [1.54, 1.807) is 12.1 Å². The van der Waals surface area contributed by atoms with Crippen molar-refractivity contribution >= 4 is 5.69 Å². The number of hydrogen-bond acceptors (Lipinski definition) is 2. The quantitative estimate of drug-likeness (QED) is 0.896. The van der Waals surface area contributed by atoms with Crippen molar-refractivity contribution < 1.29 is 13.2 Å². The van der Waals surface area contributed by atoms with Crippen LogP contribution in [0.1, 0.15) is 24.9 Å². The molecule has 1 aliphatic heterocycles. The molecule has 0 aliphatic carbocycles. The van der Waals surface area contributed by atoms with Gasteiger partial charge in [0.05, 0.1) is 0 Å². The van der Waals surface area contributed by atoms with E-state index in [2.05, 4.69) is 5.32 Å². The SMILES string of the molecule is CCNC1CCN(CC(F)(F)F)c2ccccc21. The highest BCUT2D eigenvalue weighted by atomic mass is 19.4. The molecule has 0 fully saturated rings. The molecule has 0 saturated heterocycles. The Kier molecular flexibility index (Phi) is 3.80. The Morgan fingerprint density at radius 1 is 1.33 bits per heavy atom. The summed E-state index contributed by atoms with van der Waals surface area (Å²) in [6.45, 7) is 2.39. The second kappa shape index (κ2) is 5.18. The lowest BCUT2D eigenvalue weighted by Crippen LogP contribution is -2.41. The first kappa shape index (κ1) is 13.2. The number of para-hydroxylation sites is 1. The number of anilines is 1. The maximum Gasteiger partial charge on any atom is 0.405 e. The second-order valence-electron chi connectivity index (χ2n) is 4.49. The molecular formula is C13H17F3N2. The van der Waals surface area contributed by atoms with Gasteiger partial charge in [-0.25, -0.2) is 0 Å². The largest absolute Gasteiger partial charge is 0.405 e. The van der Waals surface area contributed by atoms with E-state index < -0.39 is 12.7 Å². The zero-order valence-corrected chi connectivity index (χ0v) is 10.3. The van der Waals surface area contributed by atoms with Gasteiger partial charge in [-0.15, -0.1) is 0 Å². The third-order valence-electron chi connectivity index (χ3n) is 3.16. The monoisotopic (exact) mass is 258 g/mol. The standard InChI is InChI=1S/C13H17F3N2/c1-2-17-11-7-8-18(9-13(14,15)16)12-6-4-3-5-10(11)12/h3-6,11,17H,2,7-9H2,1H3. The summed E-state index contributed by atoms with van der Waals surface area (Å²) in [5.41, 5.74) is 1.67. The first-order chi connectivity index (χ1) is 8.51. The number of alkyl halides is 3. The van der Waals surface area contributed by atoms with Crippen LogP contribution in [0.3, 0.4) is 0 Å². The average Bonchev–Trinajstić information content (AvgIpc) is 2.31. The lowest BCUT2D eigenvalue weighted by molar-refractivity contribution is -0.119. The number of hydrogen-bond donors (Lipinski definition) is 1. The summed E-state index contributed by atoms with van der Waals surface area (Å²) in [5, 5.41) is 3.32. The highest BCUT2D eigenvalue weighted by Crippen LogP contribution is 2.35. The van der Waals surface area contributed by atoms with Crippen LogP contribution < -0.4 is 10.2 Å². The first-order valence-electron chi connectivity index (χ1n) is 6.15. The van der Waals surface area contributed by atoms with Crippen molar-refractivity contribution in [1.82, 2.24) is 5.32 Å². The molecule has 1 aromatic carbocycles. The van der Waals surface area contributed by atoms with Gasteiger partial charge in [-0.3, -0.25) is 0 Å². The van der Waals surface area contributed by atoms with Crippen LogP contribution in [0.2, 0.25) is 0 Å². The molecule has 0 aromatic heterocycles. The number of rotatable bonds is 3. The summed E-state index contributed by atoms with van der Waals surface area (Å²) < 4.78 is 37.6. The molecule has 0 spiro atoms. The number of nitrogens with zero attached hydrogens (tertiary/aromatic N) is 1. The molecule has 0 amide bonds. The summed E-state index contributed by atoms with van der Waals surface area (Å²) in [6.07, 6.45) is -3.45. The van der Waals surface area contributed by atoms with Gasteiger partial charge >= 0.3 is 6.18 Å². The topological polar surface area (TPSA) is 15.3 Å². The van der Waals surface area contributed by atoms with E-state index in [0.29, 0.717) is 18.7 Å². The van der Waals surface area contributed by atoms with E-state index in [-0.39, 0.29) is 6.04 Å². The average molecular weight is 258 g/mol. The Hall–Kier alpha value is -1.23. The Bertz CT molecular complexity index is 403. The molecular weight excluding hydrogens is 241 g/mol. The van der Waals surface area contributed by atoms with Crippen molar-refractivity contribution in [2.24, 2.45) is 0 Å². The summed E-state index contributed by atoms with van der Waals surface area (Å²) in [5.74, 6) is 0. The molecule has 1 aromatic rings. The fourth-order valence-corrected chi connectivity index (χ4v) is 2.47. The van der Waals surface area contributed by atoms with E-state index in [1.165, 1.54) is 4.90 Å². The van der Waals surface area contributed by atoms with E-state index in [0.717, 1.165) is 12.1 Å². The van der Waals surface area contributed by atoms with Crippen LogP contribution in [-0.2, 0) is 0 Å². The van der Waals surface area contributed by atoms with Crippen molar-refractivity contribution in [3.8, 4) is 0 Å². The highest BCUT2D eigenvalue weighted by molar-refractivity contribution is 5.57. The van der Waals surface area contributed by atoms with Crippen LogP contribution in [0.15, 0.2) is 24.3 Å². The van der Waals surface area contributed by atoms with Crippen molar-refractivity contribution in [2.45, 2.75) is 25.6 Å². The number of halogens is 3. The minimum absolute atomic E-state index is 0.163. The maximum atomic E-state index is 12.5. The molecule has 18 heavy (non-hydrogen) atoms. The van der Waals surface area contributed by atoms with Gasteiger partial charge in [-0.05, 0) is 24.6 Å². The van der Waals surface area contributed by atoms with E-state index in [9.17, 15) is 13.2 Å². The predicted octanol–water partition coefficient (Wildman–Crippen LogP) is 3.11.